The number of benzene rings is 2. The molecule has 0 saturated heterocycles. The second kappa shape index (κ2) is 3.22. The molecule has 0 bridgehead atoms. The van der Waals surface area contributed by atoms with Crippen LogP contribution in [0.5, 0.6) is 0 Å². The maximum atomic E-state index is 4.74. The van der Waals surface area contributed by atoms with Crippen molar-refractivity contribution in [2.75, 3.05) is 0 Å². The molecule has 2 aromatic carbocycles. The van der Waals surface area contributed by atoms with Crippen molar-refractivity contribution in [3.05, 3.63) is 48.0 Å². The van der Waals surface area contributed by atoms with E-state index in [1.807, 2.05) is 0 Å². The van der Waals surface area contributed by atoms with E-state index >= 15 is 0 Å². The van der Waals surface area contributed by atoms with E-state index in [4.69, 9.17) is 4.98 Å². The van der Waals surface area contributed by atoms with Crippen LogP contribution in [0.25, 0.3) is 25.3 Å². The quantitative estimate of drug-likeness (QED) is 0.454. The van der Waals surface area contributed by atoms with Crippen LogP contribution in [-0.4, -0.2) is 23.9 Å². The Labute approximate surface area is 104 Å². The van der Waals surface area contributed by atoms with Crippen LogP contribution < -0.4 is 0 Å². The van der Waals surface area contributed by atoms with Crippen molar-refractivity contribution in [3.8, 4) is 0 Å². The molecule has 3 heteroatoms. The number of aryl methyl sites for hydroxylation is 1. The van der Waals surface area contributed by atoms with Crippen LogP contribution in [0.1, 0.15) is 5.56 Å². The zero-order chi connectivity index (χ0) is 11.4. The van der Waals surface area contributed by atoms with Gasteiger partial charge in [-0.3, -0.25) is 0 Å². The molecule has 4 aromatic rings. The molecule has 82 valence electrons. The fraction of sp³-hybridized carbons (Fsp3) is 0.0714. The van der Waals surface area contributed by atoms with Crippen LogP contribution in [-0.2, 0) is 0 Å². The van der Waals surface area contributed by atoms with E-state index in [2.05, 4.69) is 53.8 Å². The van der Waals surface area contributed by atoms with E-state index in [0.29, 0.717) is 14.5 Å². The van der Waals surface area contributed by atoms with E-state index in [1.165, 1.54) is 25.4 Å². The molecule has 0 fully saturated rings. The van der Waals surface area contributed by atoms with Crippen molar-refractivity contribution in [1.82, 2.24) is 9.38 Å². The number of rotatable bonds is 0. The van der Waals surface area contributed by atoms with Crippen LogP contribution in [0.15, 0.2) is 42.5 Å². The minimum absolute atomic E-state index is 0.351. The molecule has 0 spiro atoms. The zero-order valence-corrected chi connectivity index (χ0v) is 11.1. The molecule has 0 saturated carbocycles. The summed E-state index contributed by atoms with van der Waals surface area (Å²) in [5.74, 6) is 0. The van der Waals surface area contributed by atoms with Gasteiger partial charge >= 0.3 is 104 Å². The summed E-state index contributed by atoms with van der Waals surface area (Å²) < 4.78 is 4.97. The third-order valence-electron chi connectivity index (χ3n) is 3.09. The summed E-state index contributed by atoms with van der Waals surface area (Å²) in [5.41, 5.74) is 4.96. The van der Waals surface area contributed by atoms with Crippen LogP contribution in [0.2, 0.25) is 0 Å². The van der Waals surface area contributed by atoms with Gasteiger partial charge in [0.15, 0.2) is 0 Å². The van der Waals surface area contributed by atoms with Crippen molar-refractivity contribution >= 4 is 39.8 Å². The van der Waals surface area contributed by atoms with Crippen LogP contribution in [0, 0.1) is 6.92 Å². The Balaban J connectivity index is 2.33. The Bertz CT molecular complexity index is 854. The Morgan fingerprint density at radius 3 is 2.88 bits per heavy atom. The van der Waals surface area contributed by atoms with E-state index < -0.39 is 0 Å². The molecule has 2 nitrogen and oxygen atoms in total. The summed E-state index contributed by atoms with van der Waals surface area (Å²) >= 11 is 0.351. The van der Waals surface area contributed by atoms with Gasteiger partial charge in [0.2, 0.25) is 0 Å². The molecule has 2 heterocycles. The van der Waals surface area contributed by atoms with Gasteiger partial charge in [-0.25, -0.2) is 0 Å². The number of imidazole rings is 1. The first-order valence-corrected chi connectivity index (χ1v) is 7.30. The van der Waals surface area contributed by atoms with Gasteiger partial charge < -0.3 is 0 Å². The number of fused-ring (bicyclic) bond motifs is 5. The van der Waals surface area contributed by atoms with Crippen molar-refractivity contribution in [1.29, 1.82) is 0 Å². The number of nitrogens with zero attached hydrogens (tertiary/aromatic N) is 2. The number of para-hydroxylation sites is 1. The molecule has 17 heavy (non-hydrogen) atoms. The fourth-order valence-corrected chi connectivity index (χ4v) is 4.47. The topological polar surface area (TPSA) is 17.3 Å². The van der Waals surface area contributed by atoms with E-state index in [0.717, 1.165) is 5.52 Å². The Morgan fingerprint density at radius 2 is 1.94 bits per heavy atom. The summed E-state index contributed by atoms with van der Waals surface area (Å²) in [6, 6.07) is 15.1. The first-order chi connectivity index (χ1) is 8.33. The summed E-state index contributed by atoms with van der Waals surface area (Å²) in [5, 5.41) is 0. The van der Waals surface area contributed by atoms with Gasteiger partial charge in [-0.1, -0.05) is 0 Å². The fourth-order valence-electron chi connectivity index (χ4n) is 2.29. The normalized spacial score (nSPS) is 11.8. The van der Waals surface area contributed by atoms with Gasteiger partial charge in [0.25, 0.3) is 0 Å². The molecule has 4 rings (SSSR count). The average molecular weight is 285 g/mol. The Morgan fingerprint density at radius 1 is 1.06 bits per heavy atom. The van der Waals surface area contributed by atoms with Crippen LogP contribution in [0.4, 0.5) is 0 Å². The molecule has 0 unspecified atom stereocenters. The maximum absolute atomic E-state index is 4.74. The first-order valence-electron chi connectivity index (χ1n) is 5.59. The summed E-state index contributed by atoms with van der Waals surface area (Å²) in [6.07, 6.45) is 0. The molecule has 0 aliphatic carbocycles. The van der Waals surface area contributed by atoms with Gasteiger partial charge in [-0.2, -0.15) is 0 Å². The number of aromatic nitrogens is 2. The SMILES string of the molecule is Cc1ccc2nc3[se]c4ccccc4n3c2c1. The van der Waals surface area contributed by atoms with Gasteiger partial charge in [0.05, 0.1) is 0 Å². The zero-order valence-electron chi connectivity index (χ0n) is 9.34. The third-order valence-corrected chi connectivity index (χ3v) is 5.23. The Hall–Kier alpha value is -1.57. The molecule has 0 aliphatic heterocycles. The summed E-state index contributed by atoms with van der Waals surface area (Å²) in [4.78, 5) is 4.74. The van der Waals surface area contributed by atoms with Crippen molar-refractivity contribution in [2.24, 2.45) is 0 Å². The molecule has 0 atom stereocenters. The van der Waals surface area contributed by atoms with E-state index in [-0.39, 0.29) is 0 Å². The number of hydrogen-bond acceptors (Lipinski definition) is 1. The monoisotopic (exact) mass is 286 g/mol. The minimum atomic E-state index is 0.351. The third kappa shape index (κ3) is 1.24. The Kier molecular flexibility index (Phi) is 1.79. The molecule has 0 N–H and O–H groups in total. The van der Waals surface area contributed by atoms with Gasteiger partial charge in [-0.15, -0.1) is 0 Å². The molecule has 0 amide bonds. The predicted octanol–water partition coefficient (Wildman–Crippen LogP) is 3.01. The van der Waals surface area contributed by atoms with Crippen molar-refractivity contribution < 1.29 is 0 Å². The molecular weight excluding hydrogens is 275 g/mol. The molecule has 0 aliphatic rings. The van der Waals surface area contributed by atoms with E-state index in [9.17, 15) is 0 Å². The molecule has 2 aromatic heterocycles. The first kappa shape index (κ1) is 9.46. The molecular formula is C14H10N2Se. The van der Waals surface area contributed by atoms with Crippen molar-refractivity contribution in [3.63, 3.8) is 0 Å². The standard InChI is InChI=1S/C14H10N2Se/c1-9-6-7-10-12(8-9)16-11-4-2-3-5-13(11)17-14(16)15-10/h2-8H,1H3. The van der Waals surface area contributed by atoms with Crippen molar-refractivity contribution in [2.45, 2.75) is 6.92 Å². The van der Waals surface area contributed by atoms with Gasteiger partial charge in [-0.05, 0) is 0 Å². The summed E-state index contributed by atoms with van der Waals surface area (Å²) in [7, 11) is 0. The predicted molar refractivity (Wildman–Crippen MR) is 71.9 cm³/mol. The number of hydrogen-bond donors (Lipinski definition) is 0. The van der Waals surface area contributed by atoms with Gasteiger partial charge in [0, 0.05) is 0 Å². The van der Waals surface area contributed by atoms with Crippen LogP contribution in [0.3, 0.4) is 0 Å². The van der Waals surface area contributed by atoms with Gasteiger partial charge in [0.1, 0.15) is 0 Å². The van der Waals surface area contributed by atoms with E-state index in [1.54, 1.807) is 0 Å². The summed E-state index contributed by atoms with van der Waals surface area (Å²) in [6.45, 7) is 2.13. The second-order valence-corrected chi connectivity index (χ2v) is 6.41. The second-order valence-electron chi connectivity index (χ2n) is 4.29. The molecule has 0 radical (unpaired) electrons. The van der Waals surface area contributed by atoms with Crippen LogP contribution >= 0.6 is 0 Å². The average Bonchev–Trinajstić information content (AvgIpc) is 2.84.